The van der Waals surface area contributed by atoms with Crippen molar-refractivity contribution in [2.75, 3.05) is 0 Å². The Bertz CT molecular complexity index is 994. The van der Waals surface area contributed by atoms with Crippen LogP contribution in [-0.4, -0.2) is 70.5 Å². The molecule has 1 atom stereocenters. The Morgan fingerprint density at radius 3 is 0.730 bits per heavy atom. The Kier molecular flexibility index (Phi) is 8.34. The van der Waals surface area contributed by atoms with Gasteiger partial charge in [-0.25, -0.2) is 13.0 Å². The Morgan fingerprint density at radius 2 is 0.595 bits per heavy atom. The quantitative estimate of drug-likeness (QED) is 0.283. The van der Waals surface area contributed by atoms with Crippen LogP contribution in [-0.2, 0) is 29.4 Å². The van der Waals surface area contributed by atoms with Gasteiger partial charge >= 0.3 is 69.1 Å². The predicted octanol–water partition coefficient (Wildman–Crippen LogP) is 5.08. The summed E-state index contributed by atoms with van der Waals surface area (Å²) in [5.41, 5.74) is -29.6. The smallest absolute Gasteiger partial charge is 0.223 e. The minimum absolute atomic E-state index is 1.12. The van der Waals surface area contributed by atoms with Gasteiger partial charge in [-0.05, 0) is 0 Å². The van der Waals surface area contributed by atoms with Crippen LogP contribution in [0.25, 0.3) is 0 Å². The molecule has 28 heteroatoms. The molecular formula is C9F20O6S2. The fraction of sp³-hybridized carbons (Fsp3) is 1.00. The minimum Gasteiger partial charge on any atom is -0.223 e. The average Bonchev–Trinajstić information content (AvgIpc) is 2.50. The van der Waals surface area contributed by atoms with Gasteiger partial charge < -0.3 is 0 Å². The van der Waals surface area contributed by atoms with E-state index < -0.39 is 74.7 Å². The zero-order chi connectivity index (χ0) is 30.9. The van der Waals surface area contributed by atoms with E-state index in [4.69, 9.17) is 0 Å². The first-order valence-electron chi connectivity index (χ1n) is 7.12. The van der Waals surface area contributed by atoms with Crippen molar-refractivity contribution in [2.24, 2.45) is 0 Å². The molecule has 0 aliphatic heterocycles. The van der Waals surface area contributed by atoms with Gasteiger partial charge in [0.1, 0.15) is 0 Å². The molecule has 0 heterocycles. The SMILES string of the molecule is O=S(=O)(F)OC(F)(C(F)(F)F)C(OS(=O)(=O)F)(C(F)(C(F)(F)F)C(F)(F)F)C(F)(C(F)(F)F)C(F)(F)F. The van der Waals surface area contributed by atoms with Crippen LogP contribution in [0, 0.1) is 0 Å². The Labute approximate surface area is 187 Å². The van der Waals surface area contributed by atoms with Crippen LogP contribution < -0.4 is 0 Å². The van der Waals surface area contributed by atoms with Gasteiger partial charge in [0.2, 0.25) is 0 Å². The first-order valence-corrected chi connectivity index (χ1v) is 9.74. The zero-order valence-electron chi connectivity index (χ0n) is 15.3. The first kappa shape index (κ1) is 35.4. The molecule has 0 saturated heterocycles. The minimum atomic E-state index is -9.95. The van der Waals surface area contributed by atoms with Crippen molar-refractivity contribution in [1.29, 1.82) is 0 Å². The van der Waals surface area contributed by atoms with E-state index in [1.165, 1.54) is 0 Å². The van der Waals surface area contributed by atoms with Crippen molar-refractivity contribution < 1.29 is 112 Å². The summed E-state index contributed by atoms with van der Waals surface area (Å²) in [5.74, 6) is -9.40. The van der Waals surface area contributed by atoms with Crippen molar-refractivity contribution in [2.45, 2.75) is 53.7 Å². The van der Waals surface area contributed by atoms with Gasteiger partial charge in [-0.1, -0.05) is 7.77 Å². The molecule has 0 N–H and O–H groups in total. The van der Waals surface area contributed by atoms with E-state index in [2.05, 4.69) is 0 Å². The maximum atomic E-state index is 14.8. The molecule has 0 rings (SSSR count). The van der Waals surface area contributed by atoms with Gasteiger partial charge in [0, 0.05) is 0 Å². The number of halogens is 20. The van der Waals surface area contributed by atoms with E-state index in [0.717, 1.165) is 8.37 Å². The van der Waals surface area contributed by atoms with Crippen LogP contribution in [0.4, 0.5) is 86.8 Å². The van der Waals surface area contributed by atoms with E-state index in [0.29, 0.717) is 0 Å². The standard InChI is InChI=1S/C9F20O6S2/c10-1(5(13,14)15,6(16,17)18)3(34-36(28,30)31,2(11,7(19,20)21)8(22,23)24)4(12,9(25,26)27)35-37(29,32)33. The van der Waals surface area contributed by atoms with E-state index in [-0.39, 0.29) is 0 Å². The van der Waals surface area contributed by atoms with Crippen LogP contribution in [0.5, 0.6) is 0 Å². The van der Waals surface area contributed by atoms with Crippen LogP contribution in [0.2, 0.25) is 0 Å². The van der Waals surface area contributed by atoms with Gasteiger partial charge in [-0.2, -0.15) is 91.3 Å². The topological polar surface area (TPSA) is 86.7 Å². The number of rotatable bonds is 7. The van der Waals surface area contributed by atoms with E-state index in [1.54, 1.807) is 0 Å². The molecule has 0 aliphatic rings. The van der Waals surface area contributed by atoms with Crippen molar-refractivity contribution in [1.82, 2.24) is 0 Å². The molecule has 0 saturated carbocycles. The number of hydrogen-bond donors (Lipinski definition) is 0. The van der Waals surface area contributed by atoms with Gasteiger partial charge in [0.05, 0.1) is 0 Å². The highest BCUT2D eigenvalue weighted by Gasteiger charge is 3.05. The second-order valence-corrected chi connectivity index (χ2v) is 7.94. The Morgan fingerprint density at radius 1 is 0.378 bits per heavy atom. The Hall–Kier alpha value is -1.58. The van der Waals surface area contributed by atoms with Crippen LogP contribution in [0.1, 0.15) is 0 Å². The lowest BCUT2D eigenvalue weighted by Gasteiger charge is -2.54. The van der Waals surface area contributed by atoms with Crippen molar-refractivity contribution >= 4 is 21.0 Å². The highest BCUT2D eigenvalue weighted by molar-refractivity contribution is 7.81. The zero-order valence-corrected chi connectivity index (χ0v) is 17.0. The molecule has 224 valence electrons. The van der Waals surface area contributed by atoms with E-state index in [1.807, 2.05) is 0 Å². The van der Waals surface area contributed by atoms with Crippen LogP contribution in [0.15, 0.2) is 0 Å². The molecule has 6 nitrogen and oxygen atoms in total. The third kappa shape index (κ3) is 5.33. The third-order valence-corrected chi connectivity index (χ3v) is 4.67. The summed E-state index contributed by atoms with van der Waals surface area (Å²) in [4.78, 5) is 0. The van der Waals surface area contributed by atoms with Crippen LogP contribution >= 0.6 is 0 Å². The van der Waals surface area contributed by atoms with Gasteiger partial charge in [0.25, 0.3) is 5.60 Å². The Balaban J connectivity index is 9.45. The van der Waals surface area contributed by atoms with E-state index in [9.17, 15) is 104 Å². The molecule has 0 amide bonds. The average molecular weight is 648 g/mol. The lowest BCUT2D eigenvalue weighted by atomic mass is 9.65. The van der Waals surface area contributed by atoms with Crippen molar-refractivity contribution in [3.8, 4) is 0 Å². The maximum Gasteiger partial charge on any atom is 0.453 e. The van der Waals surface area contributed by atoms with Crippen molar-refractivity contribution in [3.63, 3.8) is 0 Å². The predicted molar refractivity (Wildman–Crippen MR) is 66.7 cm³/mol. The molecular weight excluding hydrogens is 648 g/mol. The van der Waals surface area contributed by atoms with E-state index >= 15 is 0 Å². The highest BCUT2D eigenvalue weighted by Crippen LogP contribution is 2.71. The monoisotopic (exact) mass is 648 g/mol. The highest BCUT2D eigenvalue weighted by atomic mass is 32.3. The summed E-state index contributed by atoms with van der Waals surface area (Å²) in [5, 5.41) is 0. The maximum absolute atomic E-state index is 14.8. The molecule has 0 aromatic rings. The second-order valence-electron chi connectivity index (χ2n) is 6.04. The summed E-state index contributed by atoms with van der Waals surface area (Å²) in [6.07, 6.45) is -45.5. The molecule has 0 aromatic carbocycles. The summed E-state index contributed by atoms with van der Waals surface area (Å²) in [6.45, 7) is 0. The van der Waals surface area contributed by atoms with Crippen LogP contribution in [0.3, 0.4) is 0 Å². The fourth-order valence-corrected chi connectivity index (χ4v) is 3.68. The summed E-state index contributed by atoms with van der Waals surface area (Å²) in [7, 11) is -17.6. The van der Waals surface area contributed by atoms with Gasteiger partial charge in [-0.3, -0.25) is 0 Å². The molecule has 37 heavy (non-hydrogen) atoms. The molecule has 0 radical (unpaired) electrons. The molecule has 0 aliphatic carbocycles. The molecule has 0 spiro atoms. The first-order chi connectivity index (χ1) is 15.4. The number of alkyl halides is 18. The lowest BCUT2D eigenvalue weighted by Crippen LogP contribution is -2.90. The molecule has 0 fully saturated rings. The second kappa shape index (κ2) is 8.71. The van der Waals surface area contributed by atoms with Gasteiger partial charge in [0.15, 0.2) is 0 Å². The molecule has 1 unspecified atom stereocenters. The van der Waals surface area contributed by atoms with Gasteiger partial charge in [-0.15, -0.1) is 0 Å². The molecule has 0 aromatic heterocycles. The number of hydrogen-bond acceptors (Lipinski definition) is 6. The normalized spacial score (nSPS) is 18.1. The molecule has 0 bridgehead atoms. The fourth-order valence-electron chi connectivity index (χ4n) is 2.56. The lowest BCUT2D eigenvalue weighted by molar-refractivity contribution is -0.505. The largest absolute Gasteiger partial charge is 0.453 e. The van der Waals surface area contributed by atoms with Crippen molar-refractivity contribution in [3.05, 3.63) is 0 Å². The summed E-state index contributed by atoms with van der Waals surface area (Å²) < 4.78 is 310. The third-order valence-electron chi connectivity index (χ3n) is 3.79. The summed E-state index contributed by atoms with van der Waals surface area (Å²) >= 11 is 0. The summed E-state index contributed by atoms with van der Waals surface area (Å²) in [6, 6.07) is 0.